The summed E-state index contributed by atoms with van der Waals surface area (Å²) >= 11 is 0. The van der Waals surface area contributed by atoms with Gasteiger partial charge in [-0.1, -0.05) is 19.9 Å². The molecule has 0 spiro atoms. The fourth-order valence-electron chi connectivity index (χ4n) is 0.872. The van der Waals surface area contributed by atoms with Gasteiger partial charge in [0.15, 0.2) is 5.78 Å². The van der Waals surface area contributed by atoms with Crippen LogP contribution in [0.3, 0.4) is 0 Å². The molecule has 0 saturated carbocycles. The van der Waals surface area contributed by atoms with E-state index >= 15 is 0 Å². The third-order valence-electron chi connectivity index (χ3n) is 2.10. The second kappa shape index (κ2) is 7.99. The standard InChI is InChI=1S/C11H20O2/c1-4-6-7-8-13-9-11(12)10(3)5-2/h4,10H,1,5-9H2,2-3H3. The smallest absolute Gasteiger partial charge is 0.161 e. The summed E-state index contributed by atoms with van der Waals surface area (Å²) < 4.78 is 5.22. The van der Waals surface area contributed by atoms with Gasteiger partial charge < -0.3 is 4.74 Å². The van der Waals surface area contributed by atoms with E-state index in [0.717, 1.165) is 19.3 Å². The first kappa shape index (κ1) is 12.4. The summed E-state index contributed by atoms with van der Waals surface area (Å²) in [5.74, 6) is 0.348. The molecule has 2 nitrogen and oxygen atoms in total. The van der Waals surface area contributed by atoms with E-state index in [4.69, 9.17) is 4.74 Å². The number of hydrogen-bond acceptors (Lipinski definition) is 2. The Morgan fingerprint density at radius 1 is 1.62 bits per heavy atom. The van der Waals surface area contributed by atoms with Crippen LogP contribution in [-0.2, 0) is 9.53 Å². The van der Waals surface area contributed by atoms with E-state index in [9.17, 15) is 4.79 Å². The monoisotopic (exact) mass is 184 g/mol. The Morgan fingerprint density at radius 3 is 2.85 bits per heavy atom. The summed E-state index contributed by atoms with van der Waals surface area (Å²) in [7, 11) is 0. The molecular formula is C11H20O2. The lowest BCUT2D eigenvalue weighted by Crippen LogP contribution is -2.17. The highest BCUT2D eigenvalue weighted by molar-refractivity contribution is 5.81. The molecule has 0 radical (unpaired) electrons. The third-order valence-corrected chi connectivity index (χ3v) is 2.10. The van der Waals surface area contributed by atoms with Crippen LogP contribution in [0.5, 0.6) is 0 Å². The number of hydrogen-bond donors (Lipinski definition) is 0. The lowest BCUT2D eigenvalue weighted by atomic mass is 10.1. The molecule has 0 aliphatic rings. The molecule has 0 bridgehead atoms. The van der Waals surface area contributed by atoms with Gasteiger partial charge in [-0.25, -0.2) is 0 Å². The molecule has 0 amide bonds. The SMILES string of the molecule is C=CCCCOCC(=O)C(C)CC. The average molecular weight is 184 g/mol. The second-order valence-corrected chi connectivity index (χ2v) is 3.26. The zero-order valence-corrected chi connectivity index (χ0v) is 8.71. The maximum atomic E-state index is 11.3. The van der Waals surface area contributed by atoms with E-state index in [-0.39, 0.29) is 18.3 Å². The fraction of sp³-hybridized carbons (Fsp3) is 0.727. The first-order chi connectivity index (χ1) is 6.22. The molecule has 0 aromatic heterocycles. The van der Waals surface area contributed by atoms with Crippen molar-refractivity contribution in [2.75, 3.05) is 13.2 Å². The van der Waals surface area contributed by atoms with Crippen molar-refractivity contribution < 1.29 is 9.53 Å². The lowest BCUT2D eigenvalue weighted by Gasteiger charge is -2.07. The first-order valence-corrected chi connectivity index (χ1v) is 4.93. The molecule has 0 N–H and O–H groups in total. The highest BCUT2D eigenvalue weighted by atomic mass is 16.5. The number of carbonyl (C=O) groups is 1. The summed E-state index contributed by atoms with van der Waals surface area (Å²) in [4.78, 5) is 11.3. The van der Waals surface area contributed by atoms with Crippen molar-refractivity contribution in [3.8, 4) is 0 Å². The number of allylic oxidation sites excluding steroid dienone is 1. The number of carbonyl (C=O) groups excluding carboxylic acids is 1. The van der Waals surface area contributed by atoms with Crippen LogP contribution in [0.2, 0.25) is 0 Å². The van der Waals surface area contributed by atoms with Gasteiger partial charge in [-0.15, -0.1) is 6.58 Å². The minimum Gasteiger partial charge on any atom is -0.374 e. The average Bonchev–Trinajstić information content (AvgIpc) is 2.16. The Labute approximate surface area is 81.0 Å². The molecule has 0 aliphatic heterocycles. The van der Waals surface area contributed by atoms with Crippen LogP contribution in [0.25, 0.3) is 0 Å². The largest absolute Gasteiger partial charge is 0.374 e. The molecule has 0 aromatic rings. The number of ketones is 1. The summed E-state index contributed by atoms with van der Waals surface area (Å²) in [6.45, 7) is 8.50. The van der Waals surface area contributed by atoms with Crippen LogP contribution >= 0.6 is 0 Å². The maximum absolute atomic E-state index is 11.3. The maximum Gasteiger partial charge on any atom is 0.161 e. The number of ether oxygens (including phenoxy) is 1. The van der Waals surface area contributed by atoms with Crippen molar-refractivity contribution in [3.63, 3.8) is 0 Å². The third kappa shape index (κ3) is 6.52. The highest BCUT2D eigenvalue weighted by Crippen LogP contribution is 2.02. The minimum absolute atomic E-state index is 0.138. The van der Waals surface area contributed by atoms with Crippen molar-refractivity contribution in [2.45, 2.75) is 33.1 Å². The zero-order chi connectivity index (χ0) is 10.1. The Morgan fingerprint density at radius 2 is 2.31 bits per heavy atom. The van der Waals surface area contributed by atoms with Gasteiger partial charge in [0.05, 0.1) is 0 Å². The molecule has 1 atom stereocenters. The first-order valence-electron chi connectivity index (χ1n) is 4.93. The van der Waals surface area contributed by atoms with Crippen LogP contribution in [0.1, 0.15) is 33.1 Å². The number of Topliss-reactive ketones (excluding diaryl/α,β-unsaturated/α-hetero) is 1. The Kier molecular flexibility index (Phi) is 7.60. The minimum atomic E-state index is 0.138. The summed E-state index contributed by atoms with van der Waals surface area (Å²) in [5, 5.41) is 0. The van der Waals surface area contributed by atoms with Crippen molar-refractivity contribution in [3.05, 3.63) is 12.7 Å². The van der Waals surface area contributed by atoms with Crippen LogP contribution in [0.4, 0.5) is 0 Å². The highest BCUT2D eigenvalue weighted by Gasteiger charge is 2.09. The fourth-order valence-corrected chi connectivity index (χ4v) is 0.872. The van der Waals surface area contributed by atoms with Crippen molar-refractivity contribution in [1.29, 1.82) is 0 Å². The molecule has 0 saturated heterocycles. The lowest BCUT2D eigenvalue weighted by molar-refractivity contribution is -0.127. The van der Waals surface area contributed by atoms with Crippen LogP contribution < -0.4 is 0 Å². The number of rotatable bonds is 8. The van der Waals surface area contributed by atoms with Crippen LogP contribution in [-0.4, -0.2) is 19.0 Å². The zero-order valence-electron chi connectivity index (χ0n) is 8.71. The quantitative estimate of drug-likeness (QED) is 0.428. The Balaban J connectivity index is 3.31. The van der Waals surface area contributed by atoms with Crippen molar-refractivity contribution in [2.24, 2.45) is 5.92 Å². The van der Waals surface area contributed by atoms with Gasteiger partial charge in [0.25, 0.3) is 0 Å². The van der Waals surface area contributed by atoms with Gasteiger partial charge in [-0.2, -0.15) is 0 Å². The van der Waals surface area contributed by atoms with E-state index in [0.29, 0.717) is 6.61 Å². The Hall–Kier alpha value is -0.630. The number of unbranched alkanes of at least 4 members (excludes halogenated alkanes) is 1. The molecule has 2 heteroatoms. The Bertz CT molecular complexity index is 152. The topological polar surface area (TPSA) is 26.3 Å². The molecule has 0 aromatic carbocycles. The summed E-state index contributed by atoms with van der Waals surface area (Å²) in [6.07, 6.45) is 4.67. The second-order valence-electron chi connectivity index (χ2n) is 3.26. The molecule has 13 heavy (non-hydrogen) atoms. The molecule has 0 rings (SSSR count). The van der Waals surface area contributed by atoms with Crippen molar-refractivity contribution in [1.82, 2.24) is 0 Å². The summed E-state index contributed by atoms with van der Waals surface area (Å²) in [5.41, 5.74) is 0. The van der Waals surface area contributed by atoms with Gasteiger partial charge in [0, 0.05) is 12.5 Å². The van der Waals surface area contributed by atoms with Crippen LogP contribution in [0, 0.1) is 5.92 Å². The normalized spacial score (nSPS) is 12.5. The molecule has 1 unspecified atom stereocenters. The van der Waals surface area contributed by atoms with E-state index in [2.05, 4.69) is 6.58 Å². The predicted molar refractivity (Wildman–Crippen MR) is 54.7 cm³/mol. The van der Waals surface area contributed by atoms with Gasteiger partial charge >= 0.3 is 0 Å². The van der Waals surface area contributed by atoms with Crippen molar-refractivity contribution >= 4 is 5.78 Å². The molecule has 0 fully saturated rings. The molecular weight excluding hydrogens is 164 g/mol. The van der Waals surface area contributed by atoms with Gasteiger partial charge in [-0.3, -0.25) is 4.79 Å². The molecule has 0 heterocycles. The predicted octanol–water partition coefficient (Wildman–Crippen LogP) is 2.58. The van der Waals surface area contributed by atoms with Gasteiger partial charge in [0.1, 0.15) is 6.61 Å². The van der Waals surface area contributed by atoms with Gasteiger partial charge in [0.2, 0.25) is 0 Å². The van der Waals surface area contributed by atoms with E-state index in [1.807, 2.05) is 19.9 Å². The van der Waals surface area contributed by atoms with Crippen LogP contribution in [0.15, 0.2) is 12.7 Å². The van der Waals surface area contributed by atoms with E-state index in [1.54, 1.807) is 0 Å². The summed E-state index contributed by atoms with van der Waals surface area (Å²) in [6, 6.07) is 0. The van der Waals surface area contributed by atoms with E-state index < -0.39 is 0 Å². The van der Waals surface area contributed by atoms with Gasteiger partial charge in [-0.05, 0) is 19.3 Å². The molecule has 76 valence electrons. The molecule has 0 aliphatic carbocycles. The van der Waals surface area contributed by atoms with E-state index in [1.165, 1.54) is 0 Å².